The van der Waals surface area contributed by atoms with Gasteiger partial charge in [-0.1, -0.05) is 42.5 Å². The third-order valence-corrected chi connectivity index (χ3v) is 4.19. The summed E-state index contributed by atoms with van der Waals surface area (Å²) in [7, 11) is 0. The number of nitrogens with one attached hydrogen (secondary N) is 1. The summed E-state index contributed by atoms with van der Waals surface area (Å²) >= 11 is 0. The lowest BCUT2D eigenvalue weighted by atomic mass is 10.1. The van der Waals surface area contributed by atoms with Crippen molar-refractivity contribution in [1.29, 1.82) is 0 Å². The second-order valence-corrected chi connectivity index (χ2v) is 6.32. The molecule has 3 rings (SSSR count). The summed E-state index contributed by atoms with van der Waals surface area (Å²) in [6.07, 6.45) is 5.93. The molecule has 0 spiro atoms. The fraction of sp³-hybridized carbons (Fsp3) is 0.238. The molecule has 142 valence electrons. The summed E-state index contributed by atoms with van der Waals surface area (Å²) < 4.78 is 2.15. The number of rotatable bonds is 7. The molecule has 0 atom stereocenters. The van der Waals surface area contributed by atoms with E-state index in [9.17, 15) is 0 Å². The van der Waals surface area contributed by atoms with E-state index in [0.29, 0.717) is 12.5 Å². The molecular weight excluding hydrogens is 449 g/mol. The smallest absolute Gasteiger partial charge is 0.193 e. The van der Waals surface area contributed by atoms with E-state index in [-0.39, 0.29) is 24.0 Å². The zero-order chi connectivity index (χ0) is 18.2. The number of nitrogens with zero attached hydrogens (tertiary/aromatic N) is 3. The highest BCUT2D eigenvalue weighted by molar-refractivity contribution is 14.0. The number of aromatic nitrogens is 2. The number of hydrogen-bond acceptors (Lipinski definition) is 2. The molecule has 1 heterocycles. The third-order valence-electron chi connectivity index (χ3n) is 4.19. The monoisotopic (exact) mass is 475 g/mol. The van der Waals surface area contributed by atoms with Crippen molar-refractivity contribution >= 4 is 35.6 Å². The summed E-state index contributed by atoms with van der Waals surface area (Å²) in [5.74, 6) is 1.32. The van der Waals surface area contributed by atoms with Gasteiger partial charge in [-0.3, -0.25) is 0 Å². The van der Waals surface area contributed by atoms with Gasteiger partial charge in [-0.15, -0.1) is 24.0 Å². The van der Waals surface area contributed by atoms with Crippen LogP contribution >= 0.6 is 24.0 Å². The zero-order valence-corrected chi connectivity index (χ0v) is 17.8. The molecule has 0 aliphatic heterocycles. The van der Waals surface area contributed by atoms with Crippen molar-refractivity contribution in [2.75, 3.05) is 5.32 Å². The standard InChI is InChI=1S/C21H25N5.HI/c1-17-7-5-11-19(15-17)25-21(22)24-16-20-23-12-14-26(20)13-6-10-18-8-3-2-4-9-18;/h2-5,7-9,11-12,14-15H,6,10,13,16H2,1H3,(H3,22,24,25);1H. The quantitative estimate of drug-likeness (QED) is 0.303. The van der Waals surface area contributed by atoms with Gasteiger partial charge in [0, 0.05) is 24.6 Å². The first-order valence-electron chi connectivity index (χ1n) is 8.88. The lowest BCUT2D eigenvalue weighted by Crippen LogP contribution is -2.23. The van der Waals surface area contributed by atoms with Crippen LogP contribution in [-0.4, -0.2) is 15.5 Å². The van der Waals surface area contributed by atoms with Crippen LogP contribution < -0.4 is 11.1 Å². The minimum Gasteiger partial charge on any atom is -0.370 e. The maximum Gasteiger partial charge on any atom is 0.193 e. The highest BCUT2D eigenvalue weighted by Gasteiger charge is 2.03. The number of guanidine groups is 1. The Labute approximate surface area is 177 Å². The van der Waals surface area contributed by atoms with Crippen molar-refractivity contribution in [3.63, 3.8) is 0 Å². The van der Waals surface area contributed by atoms with Crippen molar-refractivity contribution in [3.8, 4) is 0 Å². The lowest BCUT2D eigenvalue weighted by Gasteiger charge is -2.08. The van der Waals surface area contributed by atoms with Crippen molar-refractivity contribution in [2.24, 2.45) is 10.7 Å². The van der Waals surface area contributed by atoms with Crippen LogP contribution in [0.5, 0.6) is 0 Å². The molecule has 0 radical (unpaired) electrons. The number of nitrogens with two attached hydrogens (primary N) is 1. The first-order chi connectivity index (χ1) is 12.7. The second-order valence-electron chi connectivity index (χ2n) is 6.32. The van der Waals surface area contributed by atoms with Crippen LogP contribution in [0.3, 0.4) is 0 Å². The fourth-order valence-corrected chi connectivity index (χ4v) is 2.86. The molecule has 5 nitrogen and oxygen atoms in total. The molecule has 0 fully saturated rings. The number of anilines is 1. The molecule has 0 aliphatic carbocycles. The van der Waals surface area contributed by atoms with Gasteiger partial charge in [-0.25, -0.2) is 9.98 Å². The first-order valence-corrected chi connectivity index (χ1v) is 8.88. The number of imidazole rings is 1. The van der Waals surface area contributed by atoms with Gasteiger partial charge in [0.15, 0.2) is 5.96 Å². The zero-order valence-electron chi connectivity index (χ0n) is 15.5. The summed E-state index contributed by atoms with van der Waals surface area (Å²) in [5.41, 5.74) is 9.48. The third kappa shape index (κ3) is 6.71. The van der Waals surface area contributed by atoms with Crippen LogP contribution in [0.2, 0.25) is 0 Å². The summed E-state index contributed by atoms with van der Waals surface area (Å²) in [4.78, 5) is 8.83. The highest BCUT2D eigenvalue weighted by atomic mass is 127. The van der Waals surface area contributed by atoms with E-state index in [1.165, 1.54) is 11.1 Å². The van der Waals surface area contributed by atoms with Gasteiger partial charge in [-0.05, 0) is 43.0 Å². The highest BCUT2D eigenvalue weighted by Crippen LogP contribution is 2.10. The van der Waals surface area contributed by atoms with Crippen LogP contribution in [0.25, 0.3) is 0 Å². The minimum absolute atomic E-state index is 0. The van der Waals surface area contributed by atoms with Crippen molar-refractivity contribution in [1.82, 2.24) is 9.55 Å². The molecule has 27 heavy (non-hydrogen) atoms. The molecule has 0 aliphatic rings. The Bertz CT molecular complexity index is 858. The van der Waals surface area contributed by atoms with E-state index < -0.39 is 0 Å². The van der Waals surface area contributed by atoms with Crippen molar-refractivity contribution in [3.05, 3.63) is 83.9 Å². The molecule has 2 aromatic carbocycles. The molecule has 0 amide bonds. The molecule has 3 N–H and O–H groups in total. The normalized spacial score (nSPS) is 11.1. The van der Waals surface area contributed by atoms with Crippen LogP contribution in [0.1, 0.15) is 23.4 Å². The van der Waals surface area contributed by atoms with E-state index in [0.717, 1.165) is 30.9 Å². The molecule has 0 saturated heterocycles. The molecular formula is C21H26IN5. The van der Waals surface area contributed by atoms with E-state index in [1.807, 2.05) is 49.6 Å². The van der Waals surface area contributed by atoms with E-state index >= 15 is 0 Å². The number of aryl methyl sites for hydroxylation is 3. The number of halogens is 1. The Morgan fingerprint density at radius 2 is 1.96 bits per heavy atom. The topological polar surface area (TPSA) is 68.2 Å². The van der Waals surface area contributed by atoms with Crippen molar-refractivity contribution in [2.45, 2.75) is 32.9 Å². The van der Waals surface area contributed by atoms with Crippen molar-refractivity contribution < 1.29 is 0 Å². The molecule has 0 saturated carbocycles. The maximum absolute atomic E-state index is 6.00. The van der Waals surface area contributed by atoms with Gasteiger partial charge in [0.25, 0.3) is 0 Å². The van der Waals surface area contributed by atoms with Gasteiger partial charge in [0.05, 0.1) is 0 Å². The van der Waals surface area contributed by atoms with Gasteiger partial charge in [-0.2, -0.15) is 0 Å². The second kappa shape index (κ2) is 10.7. The lowest BCUT2D eigenvalue weighted by molar-refractivity contribution is 0.611. The van der Waals surface area contributed by atoms with Gasteiger partial charge < -0.3 is 15.6 Å². The maximum atomic E-state index is 6.00. The SMILES string of the molecule is Cc1cccc(NC(N)=NCc2nccn2CCCc2ccccc2)c1.I. The van der Waals surface area contributed by atoms with Crippen LogP contribution in [0.4, 0.5) is 5.69 Å². The first kappa shape index (κ1) is 21.0. The van der Waals surface area contributed by atoms with Gasteiger partial charge in [0.1, 0.15) is 12.4 Å². The Hall–Kier alpha value is -2.35. The minimum atomic E-state index is 0. The number of benzene rings is 2. The predicted molar refractivity (Wildman–Crippen MR) is 123 cm³/mol. The van der Waals surface area contributed by atoms with Gasteiger partial charge >= 0.3 is 0 Å². The average molecular weight is 475 g/mol. The summed E-state index contributed by atoms with van der Waals surface area (Å²) in [6, 6.07) is 18.6. The number of hydrogen-bond donors (Lipinski definition) is 2. The Balaban J connectivity index is 0.00000261. The van der Waals surface area contributed by atoms with E-state index in [2.05, 4.69) is 44.1 Å². The van der Waals surface area contributed by atoms with E-state index in [1.54, 1.807) is 0 Å². The number of aliphatic imine (C=N–C) groups is 1. The van der Waals surface area contributed by atoms with E-state index in [4.69, 9.17) is 5.73 Å². The molecule has 0 unspecified atom stereocenters. The van der Waals surface area contributed by atoms with Crippen LogP contribution in [0, 0.1) is 6.92 Å². The molecule has 0 bridgehead atoms. The molecule has 3 aromatic rings. The largest absolute Gasteiger partial charge is 0.370 e. The fourth-order valence-electron chi connectivity index (χ4n) is 2.86. The van der Waals surface area contributed by atoms with Crippen LogP contribution in [0.15, 0.2) is 72.0 Å². The summed E-state index contributed by atoms with van der Waals surface area (Å²) in [6.45, 7) is 3.43. The van der Waals surface area contributed by atoms with Crippen LogP contribution in [-0.2, 0) is 19.5 Å². The predicted octanol–water partition coefficient (Wildman–Crippen LogP) is 4.37. The Morgan fingerprint density at radius 1 is 1.15 bits per heavy atom. The molecule has 6 heteroatoms. The average Bonchev–Trinajstić information content (AvgIpc) is 3.08. The van der Waals surface area contributed by atoms with Gasteiger partial charge in [0.2, 0.25) is 0 Å². The Kier molecular flexibility index (Phi) is 8.32. The molecule has 1 aromatic heterocycles. The Morgan fingerprint density at radius 3 is 2.74 bits per heavy atom. The summed E-state index contributed by atoms with van der Waals surface area (Å²) in [5, 5.41) is 3.12.